The molecule has 0 unspecified atom stereocenters. The third-order valence-corrected chi connectivity index (χ3v) is 12.2. The number of hydrogen-bond donors (Lipinski definition) is 1. The van der Waals surface area contributed by atoms with Crippen LogP contribution in [0.4, 0.5) is 17.6 Å². The van der Waals surface area contributed by atoms with Gasteiger partial charge in [0.15, 0.2) is 16.5 Å². The summed E-state index contributed by atoms with van der Waals surface area (Å²) in [4.78, 5) is 49.8. The van der Waals surface area contributed by atoms with E-state index in [1.54, 1.807) is 0 Å². The minimum absolute atomic E-state index is 0.0521. The molecule has 5 rings (SSSR count). The van der Waals surface area contributed by atoms with E-state index in [2.05, 4.69) is 11.7 Å². The molecule has 0 amide bonds. The van der Waals surface area contributed by atoms with Gasteiger partial charge in [0.2, 0.25) is 17.4 Å². The summed E-state index contributed by atoms with van der Waals surface area (Å²) in [6.45, 7) is 5.81. The van der Waals surface area contributed by atoms with Crippen LogP contribution >= 0.6 is 0 Å². The van der Waals surface area contributed by atoms with E-state index in [1.165, 1.54) is 0 Å². The monoisotopic (exact) mass is 630 g/mol. The molecule has 13 heteroatoms. The number of carbonyl (C=O) groups is 4. The maximum atomic E-state index is 14.3. The fraction of sp³-hybridized carbons (Fsp3) is 0.667. The van der Waals surface area contributed by atoms with Crippen LogP contribution < -0.4 is 4.74 Å². The first-order valence-corrected chi connectivity index (χ1v) is 16.0. The average Bonchev–Trinajstić information content (AvgIpc) is 3.28. The Bertz CT molecular complexity index is 1500. The van der Waals surface area contributed by atoms with Gasteiger partial charge in [0, 0.05) is 43.4 Å². The quantitative estimate of drug-likeness (QED) is 0.145. The summed E-state index contributed by atoms with van der Waals surface area (Å²) in [5.41, 5.74) is -1.09. The number of esters is 1. The van der Waals surface area contributed by atoms with Gasteiger partial charge in [-0.05, 0) is 60.7 Å². The highest BCUT2D eigenvalue weighted by Gasteiger charge is 2.66. The van der Waals surface area contributed by atoms with Crippen LogP contribution in [-0.4, -0.2) is 36.3 Å². The smallest absolute Gasteiger partial charge is 0.311 e. The van der Waals surface area contributed by atoms with Crippen molar-refractivity contribution in [1.82, 2.24) is 0 Å². The number of hydrogen-bond acceptors (Lipinski definition) is 7. The lowest BCUT2D eigenvalue weighted by molar-refractivity contribution is -0.166. The number of carbonyl (C=O) groups excluding carboxylic acids is 4. The molecule has 0 aliphatic heterocycles. The van der Waals surface area contributed by atoms with Crippen LogP contribution in [0.25, 0.3) is 0 Å². The molecule has 1 aromatic carbocycles. The van der Waals surface area contributed by atoms with E-state index in [0.717, 1.165) is 0 Å². The second-order valence-electron chi connectivity index (χ2n) is 13.3. The van der Waals surface area contributed by atoms with E-state index in [4.69, 9.17) is 4.55 Å². The van der Waals surface area contributed by atoms with E-state index < -0.39 is 61.8 Å². The summed E-state index contributed by atoms with van der Waals surface area (Å²) in [6.07, 6.45) is 2.98. The topological polar surface area (TPSA) is 132 Å². The molecule has 8 atom stereocenters. The number of Topliss-reactive ketones (excluding diaryl/α,β-unsaturated/α-hetero) is 3. The summed E-state index contributed by atoms with van der Waals surface area (Å²) >= 11 is 0. The summed E-state index contributed by atoms with van der Waals surface area (Å²) in [5, 5.41) is 0. The number of rotatable bonds is 6. The highest BCUT2D eigenvalue weighted by Crippen LogP contribution is 2.66. The van der Waals surface area contributed by atoms with Crippen molar-refractivity contribution in [2.45, 2.75) is 83.5 Å². The van der Waals surface area contributed by atoms with Gasteiger partial charge in [-0.25, -0.2) is 8.78 Å². The summed E-state index contributed by atoms with van der Waals surface area (Å²) in [7, 11) is -5.66. The van der Waals surface area contributed by atoms with E-state index in [0.29, 0.717) is 38.5 Å². The summed E-state index contributed by atoms with van der Waals surface area (Å²) < 4.78 is 92.5. The molecule has 0 radical (unpaired) electrons. The van der Waals surface area contributed by atoms with Crippen LogP contribution in [-0.2, 0) is 29.3 Å². The van der Waals surface area contributed by atoms with Gasteiger partial charge in [0.05, 0.1) is 0 Å². The fourth-order valence-corrected chi connectivity index (χ4v) is 9.64. The third kappa shape index (κ3) is 4.94. The lowest BCUT2D eigenvalue weighted by Gasteiger charge is -2.58. The molecule has 0 saturated heterocycles. The van der Waals surface area contributed by atoms with Gasteiger partial charge in [-0.3, -0.25) is 23.7 Å². The minimum atomic E-state index is -5.66. The first-order chi connectivity index (χ1) is 19.9. The van der Waals surface area contributed by atoms with Crippen molar-refractivity contribution >= 4 is 33.4 Å². The molecule has 1 N–H and O–H groups in total. The van der Waals surface area contributed by atoms with Crippen LogP contribution in [0.1, 0.15) is 78.6 Å². The van der Waals surface area contributed by atoms with Gasteiger partial charge in [-0.1, -0.05) is 20.8 Å². The number of halogens is 4. The van der Waals surface area contributed by atoms with Gasteiger partial charge >= 0.3 is 16.1 Å². The largest absolute Gasteiger partial charge is 0.420 e. The zero-order valence-corrected chi connectivity index (χ0v) is 24.9. The van der Waals surface area contributed by atoms with Gasteiger partial charge in [-0.2, -0.15) is 17.2 Å². The molecule has 236 valence electrons. The van der Waals surface area contributed by atoms with E-state index in [9.17, 15) is 45.2 Å². The molecular weight excluding hydrogens is 596 g/mol. The SMILES string of the molecule is C[C@H](CCC(=O)Oc1c(F)c(F)c(S(=O)(=O)O)c(F)c1F)[C@H]1CC[C@H]2[C@H]3C(=O)C[C@@H]4CC(=O)CC[C@]4(C)[C@H]3CC(=O)[C@]12C. The highest BCUT2D eigenvalue weighted by atomic mass is 32.2. The van der Waals surface area contributed by atoms with Crippen molar-refractivity contribution in [3.05, 3.63) is 23.3 Å². The third-order valence-electron chi connectivity index (χ3n) is 11.4. The van der Waals surface area contributed by atoms with Crippen LogP contribution in [0.2, 0.25) is 0 Å². The minimum Gasteiger partial charge on any atom is -0.420 e. The first kappa shape index (κ1) is 31.7. The molecule has 0 bridgehead atoms. The van der Waals surface area contributed by atoms with E-state index in [1.807, 2.05) is 13.8 Å². The van der Waals surface area contributed by atoms with Gasteiger partial charge in [0.1, 0.15) is 17.3 Å². The number of fused-ring (bicyclic) bond motifs is 5. The predicted molar refractivity (Wildman–Crippen MR) is 141 cm³/mol. The van der Waals surface area contributed by atoms with Crippen molar-refractivity contribution in [3.63, 3.8) is 0 Å². The maximum absolute atomic E-state index is 14.3. The normalized spacial score (nSPS) is 34.8. The van der Waals surface area contributed by atoms with Crippen LogP contribution in [0.5, 0.6) is 5.75 Å². The molecule has 4 aliphatic rings. The van der Waals surface area contributed by atoms with Crippen molar-refractivity contribution < 1.29 is 54.4 Å². The van der Waals surface area contributed by atoms with Gasteiger partial charge in [0.25, 0.3) is 0 Å². The molecule has 4 aliphatic carbocycles. The molecular formula is C30H34F4O8S. The highest BCUT2D eigenvalue weighted by molar-refractivity contribution is 7.85. The van der Waals surface area contributed by atoms with Gasteiger partial charge in [-0.15, -0.1) is 0 Å². The average molecular weight is 631 g/mol. The molecule has 1 aromatic rings. The van der Waals surface area contributed by atoms with Crippen molar-refractivity contribution in [1.29, 1.82) is 0 Å². The second kappa shape index (κ2) is 10.7. The zero-order chi connectivity index (χ0) is 31.8. The Morgan fingerprint density at radius 1 is 0.977 bits per heavy atom. The van der Waals surface area contributed by atoms with Gasteiger partial charge < -0.3 is 4.74 Å². The molecule has 8 nitrogen and oxygen atoms in total. The predicted octanol–water partition coefficient (Wildman–Crippen LogP) is 5.40. The number of ether oxygens (including phenoxy) is 1. The Hall–Kier alpha value is -2.67. The van der Waals surface area contributed by atoms with Crippen LogP contribution in [0, 0.1) is 69.6 Å². The second-order valence-corrected chi connectivity index (χ2v) is 14.7. The molecule has 4 fully saturated rings. The summed E-state index contributed by atoms with van der Waals surface area (Å²) in [5.74, 6) is -13.3. The molecule has 0 heterocycles. The summed E-state index contributed by atoms with van der Waals surface area (Å²) in [6, 6.07) is 0. The standard InChI is InChI=1S/C30H34F4O8S/c1-13(4-7-21(38)42-27-23(31)25(33)28(43(39,40)41)26(34)24(27)32)16-5-6-17-22-18(12-20(37)30(16,17)3)29(2)9-8-15(35)10-14(29)11-19(22)36/h13-14,16-18,22H,4-12H2,1-3H3,(H,39,40,41)/t13-,14+,16-,17+,18+,22-,29+,30-/m1/s1. The maximum Gasteiger partial charge on any atom is 0.311 e. The molecule has 4 saturated carbocycles. The zero-order valence-electron chi connectivity index (χ0n) is 24.1. The Balaban J connectivity index is 1.30. The Morgan fingerprint density at radius 2 is 1.60 bits per heavy atom. The molecule has 0 aromatic heterocycles. The van der Waals surface area contributed by atoms with Crippen molar-refractivity contribution in [3.8, 4) is 5.75 Å². The number of ketones is 3. The van der Waals surface area contributed by atoms with Crippen molar-refractivity contribution in [2.75, 3.05) is 0 Å². The van der Waals surface area contributed by atoms with E-state index in [-0.39, 0.29) is 71.1 Å². The lowest BCUT2D eigenvalue weighted by Crippen LogP contribution is -2.60. The Kier molecular flexibility index (Phi) is 7.93. The van der Waals surface area contributed by atoms with Crippen LogP contribution in [0.15, 0.2) is 4.90 Å². The Morgan fingerprint density at radius 3 is 2.21 bits per heavy atom. The Labute approximate surface area is 246 Å². The molecule has 0 spiro atoms. The van der Waals surface area contributed by atoms with E-state index >= 15 is 0 Å². The molecule has 43 heavy (non-hydrogen) atoms. The lowest BCUT2D eigenvalue weighted by atomic mass is 9.44. The first-order valence-electron chi connectivity index (χ1n) is 14.5. The van der Waals surface area contributed by atoms with Crippen LogP contribution in [0.3, 0.4) is 0 Å². The fourth-order valence-electron chi connectivity index (χ4n) is 9.01. The number of benzene rings is 1. The van der Waals surface area contributed by atoms with Crippen molar-refractivity contribution in [2.24, 2.45) is 46.3 Å².